The summed E-state index contributed by atoms with van der Waals surface area (Å²) in [7, 11) is 0. The van der Waals surface area contributed by atoms with Gasteiger partial charge in [0.1, 0.15) is 0 Å². The first-order valence-electron chi connectivity index (χ1n) is 5.82. The van der Waals surface area contributed by atoms with E-state index < -0.39 is 5.76 Å². The summed E-state index contributed by atoms with van der Waals surface area (Å²) in [5.41, 5.74) is 8.31. The van der Waals surface area contributed by atoms with Crippen LogP contribution in [0.25, 0.3) is 11.1 Å². The zero-order valence-electron chi connectivity index (χ0n) is 10.4. The zero-order valence-corrected chi connectivity index (χ0v) is 10.4. The topological polar surface area (TPSA) is 95.5 Å². The van der Waals surface area contributed by atoms with Crippen LogP contribution < -0.4 is 16.4 Å². The molecular formula is C12H17N3O3. The average molecular weight is 251 g/mol. The van der Waals surface area contributed by atoms with Gasteiger partial charge in [-0.25, -0.2) is 4.79 Å². The van der Waals surface area contributed by atoms with Gasteiger partial charge in [0, 0.05) is 18.7 Å². The maximum atomic E-state index is 11.1. The van der Waals surface area contributed by atoms with Crippen molar-refractivity contribution >= 4 is 22.5 Å². The maximum absolute atomic E-state index is 11.1. The van der Waals surface area contributed by atoms with Gasteiger partial charge < -0.3 is 20.2 Å². The van der Waals surface area contributed by atoms with Gasteiger partial charge in [0.05, 0.1) is 23.5 Å². The van der Waals surface area contributed by atoms with E-state index >= 15 is 0 Å². The molecule has 0 aliphatic carbocycles. The molecule has 1 heterocycles. The van der Waals surface area contributed by atoms with Crippen LogP contribution in [0.3, 0.4) is 0 Å². The van der Waals surface area contributed by atoms with E-state index in [0.29, 0.717) is 23.3 Å². The lowest BCUT2D eigenvalue weighted by atomic mass is 10.2. The number of aromatic nitrogens is 1. The molecule has 0 saturated carbocycles. The summed E-state index contributed by atoms with van der Waals surface area (Å²) in [5, 5.41) is 9.10. The normalized spacial score (nSPS) is 11.3. The third kappa shape index (κ3) is 2.19. The molecule has 18 heavy (non-hydrogen) atoms. The molecule has 0 amide bonds. The van der Waals surface area contributed by atoms with Crippen LogP contribution in [0.5, 0.6) is 0 Å². The lowest BCUT2D eigenvalue weighted by molar-refractivity contribution is 0.299. The number of nitrogens with zero attached hydrogens (tertiary/aromatic N) is 1. The van der Waals surface area contributed by atoms with Gasteiger partial charge in [-0.3, -0.25) is 4.98 Å². The van der Waals surface area contributed by atoms with Gasteiger partial charge in [0.25, 0.3) is 0 Å². The summed E-state index contributed by atoms with van der Waals surface area (Å²) in [6.07, 6.45) is 0. The number of nitrogen functional groups attached to an aromatic ring is 1. The van der Waals surface area contributed by atoms with Gasteiger partial charge in [-0.1, -0.05) is 0 Å². The molecule has 6 heteroatoms. The largest absolute Gasteiger partial charge is 0.417 e. The Morgan fingerprint density at radius 3 is 2.83 bits per heavy atom. The number of nitrogens with one attached hydrogen (secondary N) is 1. The number of benzene rings is 1. The third-order valence-corrected chi connectivity index (χ3v) is 2.84. The molecule has 98 valence electrons. The fourth-order valence-corrected chi connectivity index (χ4v) is 2.01. The first kappa shape index (κ1) is 12.5. The molecule has 2 aromatic rings. The Kier molecular flexibility index (Phi) is 3.29. The minimum Gasteiger partial charge on any atom is -0.408 e. The summed E-state index contributed by atoms with van der Waals surface area (Å²) in [6, 6.07) is 3.58. The van der Waals surface area contributed by atoms with Gasteiger partial charge in [-0.05, 0) is 19.9 Å². The summed E-state index contributed by atoms with van der Waals surface area (Å²) in [5.74, 6) is -0.500. The van der Waals surface area contributed by atoms with E-state index in [1.807, 2.05) is 18.7 Å². The molecule has 0 aliphatic heterocycles. The molecule has 0 spiro atoms. The van der Waals surface area contributed by atoms with E-state index in [4.69, 9.17) is 15.3 Å². The summed E-state index contributed by atoms with van der Waals surface area (Å²) in [4.78, 5) is 15.7. The Balaban J connectivity index is 2.54. The van der Waals surface area contributed by atoms with E-state index in [1.54, 1.807) is 12.1 Å². The Morgan fingerprint density at radius 1 is 1.50 bits per heavy atom. The molecule has 0 aliphatic rings. The average Bonchev–Trinajstić information content (AvgIpc) is 2.64. The molecule has 0 saturated heterocycles. The molecule has 0 atom stereocenters. The number of aliphatic hydroxyl groups excluding tert-OH is 1. The Hall–Kier alpha value is -1.95. The van der Waals surface area contributed by atoms with Crippen LogP contribution in [0.15, 0.2) is 21.3 Å². The first-order valence-corrected chi connectivity index (χ1v) is 5.82. The molecule has 4 N–H and O–H groups in total. The molecule has 6 nitrogen and oxygen atoms in total. The molecule has 0 fully saturated rings. The van der Waals surface area contributed by atoms with Crippen molar-refractivity contribution in [2.45, 2.75) is 19.9 Å². The van der Waals surface area contributed by atoms with Gasteiger partial charge in [0.15, 0.2) is 5.58 Å². The van der Waals surface area contributed by atoms with Gasteiger partial charge in [-0.15, -0.1) is 0 Å². The minimum atomic E-state index is -0.500. The fraction of sp³-hybridized carbons (Fsp3) is 0.417. The van der Waals surface area contributed by atoms with Gasteiger partial charge >= 0.3 is 5.76 Å². The second-order valence-corrected chi connectivity index (χ2v) is 4.43. The molecule has 1 aromatic carbocycles. The van der Waals surface area contributed by atoms with Crippen molar-refractivity contribution in [1.82, 2.24) is 4.98 Å². The molecule has 0 unspecified atom stereocenters. The number of oxazole rings is 1. The molecule has 1 aromatic heterocycles. The molecular weight excluding hydrogens is 234 g/mol. The van der Waals surface area contributed by atoms with Crippen LogP contribution in [0, 0.1) is 0 Å². The predicted molar refractivity (Wildman–Crippen MR) is 70.8 cm³/mol. The Bertz CT molecular complexity index is 600. The molecule has 2 rings (SSSR count). The monoisotopic (exact) mass is 251 g/mol. The Labute approximate surface area is 104 Å². The van der Waals surface area contributed by atoms with Crippen LogP contribution in [-0.4, -0.2) is 29.3 Å². The second-order valence-electron chi connectivity index (χ2n) is 4.43. The van der Waals surface area contributed by atoms with Crippen molar-refractivity contribution in [3.8, 4) is 0 Å². The van der Waals surface area contributed by atoms with Gasteiger partial charge in [-0.2, -0.15) is 0 Å². The second kappa shape index (κ2) is 4.73. The smallest absolute Gasteiger partial charge is 0.408 e. The molecule has 0 bridgehead atoms. The number of nitrogens with two attached hydrogens (primary N) is 1. The van der Waals surface area contributed by atoms with Crippen LogP contribution in [0.4, 0.5) is 11.4 Å². The minimum absolute atomic E-state index is 0.0392. The fourth-order valence-electron chi connectivity index (χ4n) is 2.01. The van der Waals surface area contributed by atoms with E-state index in [1.165, 1.54) is 0 Å². The van der Waals surface area contributed by atoms with Crippen molar-refractivity contribution < 1.29 is 9.52 Å². The van der Waals surface area contributed by atoms with E-state index in [-0.39, 0.29) is 12.6 Å². The highest BCUT2D eigenvalue weighted by molar-refractivity contribution is 5.85. The summed E-state index contributed by atoms with van der Waals surface area (Å²) >= 11 is 0. The van der Waals surface area contributed by atoms with Crippen molar-refractivity contribution in [2.24, 2.45) is 0 Å². The number of aliphatic hydroxyl groups is 1. The van der Waals surface area contributed by atoms with Crippen molar-refractivity contribution in [2.75, 3.05) is 23.8 Å². The number of anilines is 2. The van der Waals surface area contributed by atoms with E-state index in [9.17, 15) is 4.79 Å². The lowest BCUT2D eigenvalue weighted by Gasteiger charge is -2.29. The number of fused-ring (bicyclic) bond motifs is 1. The van der Waals surface area contributed by atoms with Crippen molar-refractivity contribution in [1.29, 1.82) is 0 Å². The highest BCUT2D eigenvalue weighted by Crippen LogP contribution is 2.29. The standard InChI is InChI=1S/C12H17N3O3/c1-7(2)15(3-4-16)10-6-9-11(5-8(10)13)18-12(17)14-9/h5-7,16H,3-4,13H2,1-2H3,(H,14,17). The highest BCUT2D eigenvalue weighted by atomic mass is 16.4. The number of rotatable bonds is 4. The van der Waals surface area contributed by atoms with Crippen molar-refractivity contribution in [3.63, 3.8) is 0 Å². The van der Waals surface area contributed by atoms with E-state index in [2.05, 4.69) is 4.98 Å². The van der Waals surface area contributed by atoms with Crippen LogP contribution in [0.2, 0.25) is 0 Å². The lowest BCUT2D eigenvalue weighted by Crippen LogP contribution is -2.33. The zero-order chi connectivity index (χ0) is 13.3. The number of aromatic amines is 1. The Morgan fingerprint density at radius 2 is 2.22 bits per heavy atom. The van der Waals surface area contributed by atoms with Crippen LogP contribution in [-0.2, 0) is 0 Å². The maximum Gasteiger partial charge on any atom is 0.417 e. The summed E-state index contributed by atoms with van der Waals surface area (Å²) in [6.45, 7) is 4.54. The van der Waals surface area contributed by atoms with Crippen molar-refractivity contribution in [3.05, 3.63) is 22.7 Å². The number of H-pyrrole nitrogens is 1. The van der Waals surface area contributed by atoms with Gasteiger partial charge in [0.2, 0.25) is 0 Å². The van der Waals surface area contributed by atoms with Crippen LogP contribution >= 0.6 is 0 Å². The molecule has 0 radical (unpaired) electrons. The SMILES string of the molecule is CC(C)N(CCO)c1cc2[nH]c(=O)oc2cc1N. The van der Waals surface area contributed by atoms with E-state index in [0.717, 1.165) is 5.69 Å². The quantitative estimate of drug-likeness (QED) is 0.702. The highest BCUT2D eigenvalue weighted by Gasteiger charge is 2.15. The van der Waals surface area contributed by atoms with Crippen LogP contribution in [0.1, 0.15) is 13.8 Å². The summed E-state index contributed by atoms with van der Waals surface area (Å²) < 4.78 is 4.94. The number of hydrogen-bond acceptors (Lipinski definition) is 5. The predicted octanol–water partition coefficient (Wildman–Crippen LogP) is 0.910. The first-order chi connectivity index (χ1) is 8.52. The number of hydrogen-bond donors (Lipinski definition) is 3. The third-order valence-electron chi connectivity index (χ3n) is 2.84.